The highest BCUT2D eigenvalue weighted by Gasteiger charge is 2.37. The highest BCUT2D eigenvalue weighted by Crippen LogP contribution is 2.29. The van der Waals surface area contributed by atoms with Gasteiger partial charge in [-0.15, -0.1) is 0 Å². The first-order valence-corrected chi connectivity index (χ1v) is 16.2. The molecule has 11 heteroatoms. The Morgan fingerprint density at radius 1 is 1.08 bits per heavy atom. The summed E-state index contributed by atoms with van der Waals surface area (Å²) >= 11 is 1.56. The number of hydrogen-bond donors (Lipinski definition) is 5. The van der Waals surface area contributed by atoms with Crippen LogP contribution in [0.5, 0.6) is 0 Å². The van der Waals surface area contributed by atoms with Crippen molar-refractivity contribution in [2.45, 2.75) is 57.7 Å². The molecule has 0 spiro atoms. The number of carbonyl (C=O) groups excluding carboxylic acids is 2. The number of unbranched alkanes of at least 4 members (excludes halogenated alkanes) is 1. The molecule has 0 heterocycles. The third-order valence-electron chi connectivity index (χ3n) is 6.88. The van der Waals surface area contributed by atoms with Gasteiger partial charge in [-0.3, -0.25) is 15.0 Å². The van der Waals surface area contributed by atoms with Gasteiger partial charge in [-0.1, -0.05) is 61.9 Å². The number of fused-ring (bicyclic) bond motifs is 1. The molecular formula is C28H39N5O4S2. The SMILES string of the molecule is CCCCS(=O)(=O)NC(C(=O)NC(CCSC)C(=O)NCc1ccc(C(=N)N)cc1)C1Cc2ccccc2C1. The number of rotatable bonds is 15. The standard InChI is InChI=1S/C28H39N5O4S2/c1-3-4-15-39(36,37)33-25(23-16-21-7-5-6-8-22(21)17-23)28(35)32-24(13-14-38-2)27(34)31-18-19-9-11-20(12-10-19)26(29)30/h5-12,23-25,33H,3-4,13-18H2,1-2H3,(H3,29,30)(H,31,34)(H,32,35). The lowest BCUT2D eigenvalue weighted by atomic mass is 9.96. The highest BCUT2D eigenvalue weighted by atomic mass is 32.2. The summed E-state index contributed by atoms with van der Waals surface area (Å²) in [5.41, 5.74) is 9.15. The Balaban J connectivity index is 1.73. The Kier molecular flexibility index (Phi) is 11.4. The maximum Gasteiger partial charge on any atom is 0.242 e. The van der Waals surface area contributed by atoms with Crippen molar-refractivity contribution < 1.29 is 18.0 Å². The van der Waals surface area contributed by atoms with Crippen LogP contribution in [0.3, 0.4) is 0 Å². The minimum atomic E-state index is -3.68. The van der Waals surface area contributed by atoms with Crippen LogP contribution in [0.15, 0.2) is 48.5 Å². The van der Waals surface area contributed by atoms with Crippen LogP contribution in [-0.2, 0) is 39.0 Å². The van der Waals surface area contributed by atoms with Crippen LogP contribution in [0.4, 0.5) is 0 Å². The van der Waals surface area contributed by atoms with Crippen LogP contribution in [0.25, 0.3) is 0 Å². The Morgan fingerprint density at radius 3 is 2.28 bits per heavy atom. The summed E-state index contributed by atoms with van der Waals surface area (Å²) in [6, 6.07) is 13.1. The molecule has 0 fully saturated rings. The maximum absolute atomic E-state index is 13.6. The molecule has 2 unspecified atom stereocenters. The van der Waals surface area contributed by atoms with E-state index in [1.54, 1.807) is 36.0 Å². The van der Waals surface area contributed by atoms with Gasteiger partial charge < -0.3 is 16.4 Å². The number of thioether (sulfide) groups is 1. The smallest absolute Gasteiger partial charge is 0.242 e. The van der Waals surface area contributed by atoms with Crippen LogP contribution in [-0.4, -0.2) is 55.9 Å². The zero-order valence-electron chi connectivity index (χ0n) is 22.5. The molecule has 2 aromatic rings. The van der Waals surface area contributed by atoms with Gasteiger partial charge in [-0.05, 0) is 60.3 Å². The van der Waals surface area contributed by atoms with Crippen LogP contribution >= 0.6 is 11.8 Å². The Hall–Kier alpha value is -2.89. The van der Waals surface area contributed by atoms with Gasteiger partial charge in [-0.25, -0.2) is 13.1 Å². The van der Waals surface area contributed by atoms with Gasteiger partial charge in [0.2, 0.25) is 21.8 Å². The lowest BCUT2D eigenvalue weighted by Gasteiger charge is -2.26. The number of nitrogens with one attached hydrogen (secondary N) is 4. The summed E-state index contributed by atoms with van der Waals surface area (Å²) in [5.74, 6) is -0.507. The number of nitrogens with two attached hydrogens (primary N) is 1. The lowest BCUT2D eigenvalue weighted by Crippen LogP contribution is -2.56. The molecule has 39 heavy (non-hydrogen) atoms. The maximum atomic E-state index is 13.6. The number of hydrogen-bond acceptors (Lipinski definition) is 6. The molecule has 9 nitrogen and oxygen atoms in total. The molecule has 0 saturated heterocycles. The van der Waals surface area contributed by atoms with E-state index in [1.165, 1.54) is 0 Å². The average molecular weight is 574 g/mol. The Morgan fingerprint density at radius 2 is 1.72 bits per heavy atom. The van der Waals surface area contributed by atoms with Crippen molar-refractivity contribution in [2.24, 2.45) is 11.7 Å². The first-order valence-electron chi connectivity index (χ1n) is 13.2. The molecule has 2 amide bonds. The fourth-order valence-electron chi connectivity index (χ4n) is 4.66. The van der Waals surface area contributed by atoms with E-state index in [2.05, 4.69) is 15.4 Å². The molecule has 1 aliphatic carbocycles. The normalized spacial score (nSPS) is 14.8. The topological polar surface area (TPSA) is 154 Å². The molecular weight excluding hydrogens is 534 g/mol. The molecule has 2 aromatic carbocycles. The Bertz CT molecular complexity index is 1230. The molecule has 0 aromatic heterocycles. The molecule has 212 valence electrons. The van der Waals surface area contributed by atoms with E-state index in [4.69, 9.17) is 11.1 Å². The summed E-state index contributed by atoms with van der Waals surface area (Å²) in [5, 5.41) is 13.2. The average Bonchev–Trinajstić information content (AvgIpc) is 3.35. The molecule has 2 atom stereocenters. The zero-order valence-corrected chi connectivity index (χ0v) is 24.2. The van der Waals surface area contributed by atoms with E-state index < -0.39 is 28.0 Å². The van der Waals surface area contributed by atoms with Crippen LogP contribution in [0.2, 0.25) is 0 Å². The quantitative estimate of drug-likeness (QED) is 0.163. The molecule has 0 radical (unpaired) electrons. The van der Waals surface area contributed by atoms with E-state index >= 15 is 0 Å². The van der Waals surface area contributed by atoms with Crippen LogP contribution < -0.4 is 21.1 Å². The number of amidine groups is 1. The van der Waals surface area contributed by atoms with Gasteiger partial charge in [0.15, 0.2) is 0 Å². The molecule has 3 rings (SSSR count). The molecule has 1 aliphatic rings. The van der Waals surface area contributed by atoms with Crippen molar-refractivity contribution in [3.8, 4) is 0 Å². The monoisotopic (exact) mass is 573 g/mol. The van der Waals surface area contributed by atoms with E-state index in [0.717, 1.165) is 23.1 Å². The zero-order chi connectivity index (χ0) is 28.4. The summed E-state index contributed by atoms with van der Waals surface area (Å²) in [4.78, 5) is 26.8. The van der Waals surface area contributed by atoms with Crippen LogP contribution in [0, 0.1) is 11.3 Å². The summed E-state index contributed by atoms with van der Waals surface area (Å²) < 4.78 is 28.4. The van der Waals surface area contributed by atoms with Crippen molar-refractivity contribution in [3.63, 3.8) is 0 Å². The summed E-state index contributed by atoms with van der Waals surface area (Å²) in [6.45, 7) is 2.16. The molecule has 0 saturated carbocycles. The third kappa shape index (κ3) is 9.08. The van der Waals surface area contributed by atoms with Crippen molar-refractivity contribution in [2.75, 3.05) is 17.8 Å². The van der Waals surface area contributed by atoms with Crippen LogP contribution in [0.1, 0.15) is 48.4 Å². The Labute approximate surface area is 235 Å². The minimum Gasteiger partial charge on any atom is -0.384 e. The molecule has 6 N–H and O–H groups in total. The van der Waals surface area contributed by atoms with Gasteiger partial charge in [0, 0.05) is 12.1 Å². The predicted octanol–water partition coefficient (Wildman–Crippen LogP) is 2.33. The van der Waals surface area contributed by atoms with E-state index in [-0.39, 0.29) is 30.0 Å². The van der Waals surface area contributed by atoms with Gasteiger partial charge in [0.1, 0.15) is 17.9 Å². The first kappa shape index (κ1) is 30.6. The summed E-state index contributed by atoms with van der Waals surface area (Å²) in [6.07, 6.45) is 4.72. The van der Waals surface area contributed by atoms with Gasteiger partial charge in [0.05, 0.1) is 5.75 Å². The fourth-order valence-corrected chi connectivity index (χ4v) is 6.60. The summed E-state index contributed by atoms with van der Waals surface area (Å²) in [7, 11) is -3.68. The van der Waals surface area contributed by atoms with Crippen molar-refractivity contribution in [1.82, 2.24) is 15.4 Å². The van der Waals surface area contributed by atoms with E-state index in [0.29, 0.717) is 37.0 Å². The third-order valence-corrected chi connectivity index (χ3v) is 8.97. The number of nitrogen functional groups attached to an aromatic ring is 1. The van der Waals surface area contributed by atoms with Crippen molar-refractivity contribution in [3.05, 3.63) is 70.8 Å². The van der Waals surface area contributed by atoms with Gasteiger partial charge in [0.25, 0.3) is 0 Å². The van der Waals surface area contributed by atoms with E-state index in [9.17, 15) is 18.0 Å². The second-order valence-corrected chi connectivity index (χ2v) is 12.7. The van der Waals surface area contributed by atoms with Crippen molar-refractivity contribution in [1.29, 1.82) is 5.41 Å². The largest absolute Gasteiger partial charge is 0.384 e. The second-order valence-electron chi connectivity index (χ2n) is 9.88. The van der Waals surface area contributed by atoms with Crippen molar-refractivity contribution >= 4 is 39.4 Å². The number of sulfonamides is 1. The highest BCUT2D eigenvalue weighted by molar-refractivity contribution is 7.98. The molecule has 0 aliphatic heterocycles. The lowest BCUT2D eigenvalue weighted by molar-refractivity contribution is -0.130. The van der Waals surface area contributed by atoms with E-state index in [1.807, 2.05) is 37.4 Å². The van der Waals surface area contributed by atoms with Gasteiger partial charge in [-0.2, -0.15) is 11.8 Å². The number of benzene rings is 2. The van der Waals surface area contributed by atoms with Gasteiger partial charge >= 0.3 is 0 Å². The predicted molar refractivity (Wildman–Crippen MR) is 157 cm³/mol. The minimum absolute atomic E-state index is 0.0318. The fraction of sp³-hybridized carbons (Fsp3) is 0.464. The molecule has 0 bridgehead atoms. The first-order chi connectivity index (χ1) is 18.6. The number of amides is 2. The second kappa shape index (κ2) is 14.5. The number of carbonyl (C=O) groups is 2.